The first-order valence-corrected chi connectivity index (χ1v) is 4.44. The fourth-order valence-electron chi connectivity index (χ4n) is 1.57. The van der Waals surface area contributed by atoms with E-state index in [2.05, 4.69) is 0 Å². The van der Waals surface area contributed by atoms with Gasteiger partial charge in [-0.15, -0.1) is 0 Å². The molecule has 0 saturated carbocycles. The molecule has 2 rings (SSSR count). The number of carbonyl (C=O) groups is 1. The van der Waals surface area contributed by atoms with E-state index in [4.69, 9.17) is 11.6 Å². The summed E-state index contributed by atoms with van der Waals surface area (Å²) in [5, 5.41) is 10.4. The number of phenolic OH excluding ortho intramolecular Hbond substituents is 1. The molecule has 1 aromatic heterocycles. The van der Waals surface area contributed by atoms with Crippen molar-refractivity contribution >= 4 is 28.8 Å². The molecule has 3 nitrogen and oxygen atoms in total. The van der Waals surface area contributed by atoms with E-state index >= 15 is 0 Å². The lowest BCUT2D eigenvalue weighted by atomic mass is 10.2. The molecule has 14 heavy (non-hydrogen) atoms. The third-order valence-corrected chi connectivity index (χ3v) is 2.54. The van der Waals surface area contributed by atoms with Crippen LogP contribution in [0.3, 0.4) is 0 Å². The van der Waals surface area contributed by atoms with Gasteiger partial charge in [0.1, 0.15) is 5.75 Å². The number of phenols is 1. The molecule has 2 aromatic rings. The molecule has 0 saturated heterocycles. The van der Waals surface area contributed by atoms with E-state index in [0.29, 0.717) is 17.2 Å². The number of aromatic nitrogens is 1. The van der Waals surface area contributed by atoms with Crippen LogP contribution in [0.4, 0.5) is 0 Å². The van der Waals surface area contributed by atoms with Crippen LogP contribution in [0.1, 0.15) is 10.4 Å². The molecule has 1 heterocycles. The van der Waals surface area contributed by atoms with Crippen molar-refractivity contribution < 1.29 is 9.90 Å². The van der Waals surface area contributed by atoms with Crippen molar-refractivity contribution in [1.29, 1.82) is 0 Å². The first kappa shape index (κ1) is 9.09. The minimum atomic E-state index is -0.0353. The third-order valence-electron chi connectivity index (χ3n) is 2.24. The van der Waals surface area contributed by atoms with E-state index in [1.54, 1.807) is 22.9 Å². The first-order valence-electron chi connectivity index (χ1n) is 4.07. The molecule has 0 bridgehead atoms. The van der Waals surface area contributed by atoms with E-state index in [1.807, 2.05) is 7.05 Å². The van der Waals surface area contributed by atoms with Gasteiger partial charge in [0.2, 0.25) is 0 Å². The standard InChI is InChI=1S/C10H8ClNO2/c1-12-4-6(5-13)9-8(12)3-2-7(11)10(9)14/h2-5,14H,1H3. The molecule has 1 aromatic carbocycles. The number of hydrogen-bond donors (Lipinski definition) is 1. The number of benzene rings is 1. The van der Waals surface area contributed by atoms with Gasteiger partial charge in [0, 0.05) is 18.8 Å². The van der Waals surface area contributed by atoms with E-state index in [9.17, 15) is 9.90 Å². The van der Waals surface area contributed by atoms with Crippen molar-refractivity contribution in [1.82, 2.24) is 4.57 Å². The molecule has 1 N–H and O–H groups in total. The maximum atomic E-state index is 10.7. The summed E-state index contributed by atoms with van der Waals surface area (Å²) in [7, 11) is 1.81. The maximum absolute atomic E-state index is 10.7. The molecule has 0 aliphatic carbocycles. The predicted octanol–water partition coefficient (Wildman–Crippen LogP) is 2.35. The minimum Gasteiger partial charge on any atom is -0.506 e. The number of halogens is 1. The van der Waals surface area contributed by atoms with Crippen LogP contribution in [-0.2, 0) is 7.05 Å². The summed E-state index contributed by atoms with van der Waals surface area (Å²) < 4.78 is 1.77. The Morgan fingerprint density at radius 2 is 2.21 bits per heavy atom. The Balaban J connectivity index is 2.98. The van der Waals surface area contributed by atoms with Crippen LogP contribution in [-0.4, -0.2) is 16.0 Å². The lowest BCUT2D eigenvalue weighted by molar-refractivity contribution is 0.112. The van der Waals surface area contributed by atoms with Crippen molar-refractivity contribution in [2.24, 2.45) is 7.05 Å². The Morgan fingerprint density at radius 3 is 2.86 bits per heavy atom. The van der Waals surface area contributed by atoms with Crippen LogP contribution in [0.2, 0.25) is 5.02 Å². The van der Waals surface area contributed by atoms with Crippen LogP contribution in [0.15, 0.2) is 18.3 Å². The van der Waals surface area contributed by atoms with Gasteiger partial charge in [-0.05, 0) is 12.1 Å². The van der Waals surface area contributed by atoms with Crippen LogP contribution in [0.5, 0.6) is 5.75 Å². The van der Waals surface area contributed by atoms with Crippen LogP contribution in [0.25, 0.3) is 10.9 Å². The van der Waals surface area contributed by atoms with E-state index in [0.717, 1.165) is 5.52 Å². The van der Waals surface area contributed by atoms with E-state index < -0.39 is 0 Å². The molecule has 0 amide bonds. The zero-order valence-electron chi connectivity index (χ0n) is 7.49. The molecular weight excluding hydrogens is 202 g/mol. The molecule has 0 fully saturated rings. The Bertz CT molecular complexity index is 516. The average Bonchev–Trinajstić information content (AvgIpc) is 2.50. The van der Waals surface area contributed by atoms with Crippen molar-refractivity contribution in [3.05, 3.63) is 28.9 Å². The molecule has 0 aliphatic heterocycles. The minimum absolute atomic E-state index is 0.0353. The number of rotatable bonds is 1. The highest BCUT2D eigenvalue weighted by Gasteiger charge is 2.12. The van der Waals surface area contributed by atoms with Gasteiger partial charge in [-0.3, -0.25) is 4.79 Å². The topological polar surface area (TPSA) is 42.2 Å². The quantitative estimate of drug-likeness (QED) is 0.733. The monoisotopic (exact) mass is 209 g/mol. The van der Waals surface area contributed by atoms with Crippen molar-refractivity contribution in [3.63, 3.8) is 0 Å². The second kappa shape index (κ2) is 3.03. The molecule has 0 radical (unpaired) electrons. The number of aryl methyl sites for hydroxylation is 1. The fraction of sp³-hybridized carbons (Fsp3) is 0.100. The number of hydrogen-bond acceptors (Lipinski definition) is 2. The Kier molecular flexibility index (Phi) is 1.97. The van der Waals surface area contributed by atoms with Gasteiger partial charge in [0.05, 0.1) is 15.9 Å². The van der Waals surface area contributed by atoms with Gasteiger partial charge in [-0.25, -0.2) is 0 Å². The zero-order valence-corrected chi connectivity index (χ0v) is 8.25. The van der Waals surface area contributed by atoms with Gasteiger partial charge in [0.15, 0.2) is 6.29 Å². The zero-order chi connectivity index (χ0) is 10.3. The van der Waals surface area contributed by atoms with Crippen molar-refractivity contribution in [3.8, 4) is 5.75 Å². The Morgan fingerprint density at radius 1 is 1.50 bits per heavy atom. The number of aldehydes is 1. The molecule has 0 atom stereocenters. The predicted molar refractivity (Wildman–Crippen MR) is 55.0 cm³/mol. The summed E-state index contributed by atoms with van der Waals surface area (Å²) in [4.78, 5) is 10.7. The second-order valence-electron chi connectivity index (χ2n) is 3.10. The van der Waals surface area contributed by atoms with Gasteiger partial charge < -0.3 is 9.67 Å². The van der Waals surface area contributed by atoms with Gasteiger partial charge >= 0.3 is 0 Å². The third kappa shape index (κ3) is 1.09. The smallest absolute Gasteiger partial charge is 0.152 e. The van der Waals surface area contributed by atoms with Crippen LogP contribution in [0, 0.1) is 0 Å². The molecule has 4 heteroatoms. The summed E-state index contributed by atoms with van der Waals surface area (Å²) in [5.41, 5.74) is 1.23. The van der Waals surface area contributed by atoms with Crippen LogP contribution >= 0.6 is 11.6 Å². The molecule has 0 unspecified atom stereocenters. The second-order valence-corrected chi connectivity index (χ2v) is 3.51. The molecule has 0 spiro atoms. The SMILES string of the molecule is Cn1cc(C=O)c2c(O)c(Cl)ccc21. The summed E-state index contributed by atoms with van der Waals surface area (Å²) in [6.45, 7) is 0. The Hall–Kier alpha value is -1.48. The fourth-order valence-corrected chi connectivity index (χ4v) is 1.72. The van der Waals surface area contributed by atoms with Gasteiger partial charge in [-0.1, -0.05) is 11.6 Å². The normalized spacial score (nSPS) is 10.7. The lowest BCUT2D eigenvalue weighted by Gasteiger charge is -2.00. The summed E-state index contributed by atoms with van der Waals surface area (Å²) >= 11 is 5.75. The Labute approximate surface area is 85.5 Å². The lowest BCUT2D eigenvalue weighted by Crippen LogP contribution is -1.82. The van der Waals surface area contributed by atoms with E-state index in [-0.39, 0.29) is 10.8 Å². The number of fused-ring (bicyclic) bond motifs is 1. The highest BCUT2D eigenvalue weighted by molar-refractivity contribution is 6.33. The number of aromatic hydroxyl groups is 1. The molecular formula is C10H8ClNO2. The van der Waals surface area contributed by atoms with Crippen LogP contribution < -0.4 is 0 Å². The van der Waals surface area contributed by atoms with Crippen molar-refractivity contribution in [2.75, 3.05) is 0 Å². The number of carbonyl (C=O) groups excluding carboxylic acids is 1. The average molecular weight is 210 g/mol. The largest absolute Gasteiger partial charge is 0.506 e. The summed E-state index contributed by atoms with van der Waals surface area (Å²) in [5.74, 6) is -0.0353. The summed E-state index contributed by atoms with van der Waals surface area (Å²) in [6.07, 6.45) is 2.37. The molecule has 72 valence electrons. The summed E-state index contributed by atoms with van der Waals surface area (Å²) in [6, 6.07) is 3.37. The first-order chi connectivity index (χ1) is 6.65. The molecule has 0 aliphatic rings. The maximum Gasteiger partial charge on any atom is 0.152 e. The van der Waals surface area contributed by atoms with Gasteiger partial charge in [0.25, 0.3) is 0 Å². The van der Waals surface area contributed by atoms with Crippen molar-refractivity contribution in [2.45, 2.75) is 0 Å². The number of nitrogens with zero attached hydrogens (tertiary/aromatic N) is 1. The van der Waals surface area contributed by atoms with E-state index in [1.165, 1.54) is 0 Å². The van der Waals surface area contributed by atoms with Gasteiger partial charge in [-0.2, -0.15) is 0 Å². The highest BCUT2D eigenvalue weighted by atomic mass is 35.5. The highest BCUT2D eigenvalue weighted by Crippen LogP contribution is 2.34.